The average Bonchev–Trinajstić information content (AvgIpc) is 2.66. The average molecular weight is 365 g/mol. The second kappa shape index (κ2) is 8.07. The smallest absolute Gasteiger partial charge is 0.118 e. The number of hydrogen-bond donors (Lipinski definition) is 2. The van der Waals surface area contributed by atoms with Gasteiger partial charge in [0.1, 0.15) is 5.71 Å². The summed E-state index contributed by atoms with van der Waals surface area (Å²) in [5.41, 5.74) is 6.23. The SMILES string of the molecule is CCc1ccccc1Nc1ccc(/C(=N/O)c2ccccc2C)c(Cl)c1. The number of hydrogen-bond acceptors (Lipinski definition) is 3. The Labute approximate surface area is 159 Å². The molecule has 0 unspecified atom stereocenters. The van der Waals surface area contributed by atoms with Gasteiger partial charge in [-0.25, -0.2) is 0 Å². The number of rotatable bonds is 5. The van der Waals surface area contributed by atoms with Gasteiger partial charge in [0.15, 0.2) is 0 Å². The van der Waals surface area contributed by atoms with E-state index in [2.05, 4.69) is 29.5 Å². The first-order valence-electron chi connectivity index (χ1n) is 8.57. The predicted octanol–water partition coefficient (Wildman–Crippen LogP) is 6.18. The summed E-state index contributed by atoms with van der Waals surface area (Å²) in [5, 5.41) is 17.0. The fourth-order valence-corrected chi connectivity index (χ4v) is 3.25. The minimum atomic E-state index is 0.466. The molecule has 3 rings (SSSR count). The van der Waals surface area contributed by atoms with Gasteiger partial charge in [0.05, 0.1) is 5.02 Å². The molecule has 0 aliphatic heterocycles. The maximum Gasteiger partial charge on any atom is 0.118 e. The molecule has 3 aromatic carbocycles. The summed E-state index contributed by atoms with van der Waals surface area (Å²) in [6.45, 7) is 4.11. The van der Waals surface area contributed by atoms with E-state index < -0.39 is 0 Å². The quantitative estimate of drug-likeness (QED) is 0.322. The molecule has 3 nitrogen and oxygen atoms in total. The van der Waals surface area contributed by atoms with Crippen molar-refractivity contribution in [3.63, 3.8) is 0 Å². The predicted molar refractivity (Wildman–Crippen MR) is 109 cm³/mol. The van der Waals surface area contributed by atoms with Crippen LogP contribution in [0.2, 0.25) is 5.02 Å². The zero-order valence-corrected chi connectivity index (χ0v) is 15.6. The Kier molecular flexibility index (Phi) is 5.59. The van der Waals surface area contributed by atoms with Crippen LogP contribution in [-0.4, -0.2) is 10.9 Å². The van der Waals surface area contributed by atoms with Crippen molar-refractivity contribution in [3.05, 3.63) is 94.0 Å². The third-order valence-corrected chi connectivity index (χ3v) is 4.71. The summed E-state index contributed by atoms with van der Waals surface area (Å²) in [6.07, 6.45) is 0.948. The number of anilines is 2. The number of halogens is 1. The molecule has 0 aromatic heterocycles. The van der Waals surface area contributed by atoms with Crippen molar-refractivity contribution in [1.82, 2.24) is 0 Å². The standard InChI is InChI=1S/C22H21ClN2O/c1-3-16-9-5-7-11-21(16)24-17-12-13-19(20(23)14-17)22(25-26)18-10-6-4-8-15(18)2/h4-14,24,26H,3H2,1-2H3/b25-22+. The Morgan fingerprint density at radius 3 is 2.42 bits per heavy atom. The Bertz CT molecular complexity index is 950. The van der Waals surface area contributed by atoms with E-state index in [1.807, 2.05) is 61.5 Å². The second-order valence-electron chi connectivity index (χ2n) is 6.09. The molecule has 26 heavy (non-hydrogen) atoms. The third-order valence-electron chi connectivity index (χ3n) is 4.40. The number of nitrogens with one attached hydrogen (secondary N) is 1. The summed E-state index contributed by atoms with van der Waals surface area (Å²) >= 11 is 6.51. The van der Waals surface area contributed by atoms with Crippen LogP contribution in [0.1, 0.15) is 29.2 Å². The van der Waals surface area contributed by atoms with Crippen LogP contribution in [0.15, 0.2) is 71.9 Å². The zero-order valence-electron chi connectivity index (χ0n) is 14.8. The van der Waals surface area contributed by atoms with Crippen molar-refractivity contribution < 1.29 is 5.21 Å². The number of benzene rings is 3. The lowest BCUT2D eigenvalue weighted by molar-refractivity contribution is 0.319. The van der Waals surface area contributed by atoms with Crippen LogP contribution in [0.5, 0.6) is 0 Å². The molecular weight excluding hydrogens is 344 g/mol. The molecule has 0 saturated heterocycles. The van der Waals surface area contributed by atoms with Gasteiger partial charge in [0.2, 0.25) is 0 Å². The fraction of sp³-hybridized carbons (Fsp3) is 0.136. The van der Waals surface area contributed by atoms with Crippen molar-refractivity contribution in [3.8, 4) is 0 Å². The van der Waals surface area contributed by atoms with Crippen molar-refractivity contribution in [1.29, 1.82) is 0 Å². The number of oxime groups is 1. The van der Waals surface area contributed by atoms with Gasteiger partial charge in [0.25, 0.3) is 0 Å². The Balaban J connectivity index is 1.94. The maximum absolute atomic E-state index is 9.57. The summed E-state index contributed by atoms with van der Waals surface area (Å²) in [5.74, 6) is 0. The van der Waals surface area contributed by atoms with Crippen LogP contribution in [0.25, 0.3) is 0 Å². The number of para-hydroxylation sites is 1. The molecule has 0 fully saturated rings. The first-order valence-corrected chi connectivity index (χ1v) is 8.94. The van der Waals surface area contributed by atoms with E-state index >= 15 is 0 Å². The van der Waals surface area contributed by atoms with Crippen LogP contribution in [0, 0.1) is 6.92 Å². The highest BCUT2D eigenvalue weighted by atomic mass is 35.5. The van der Waals surface area contributed by atoms with Gasteiger partial charge in [0, 0.05) is 22.5 Å². The van der Waals surface area contributed by atoms with Gasteiger partial charge in [-0.15, -0.1) is 0 Å². The monoisotopic (exact) mass is 364 g/mol. The van der Waals surface area contributed by atoms with Gasteiger partial charge in [-0.05, 0) is 48.7 Å². The number of aryl methyl sites for hydroxylation is 2. The van der Waals surface area contributed by atoms with Crippen molar-refractivity contribution >= 4 is 28.7 Å². The molecule has 0 radical (unpaired) electrons. The lowest BCUT2D eigenvalue weighted by atomic mass is 9.98. The Morgan fingerprint density at radius 2 is 1.73 bits per heavy atom. The largest absolute Gasteiger partial charge is 0.410 e. The van der Waals surface area contributed by atoms with Crippen molar-refractivity contribution in [2.24, 2.45) is 5.16 Å². The lowest BCUT2D eigenvalue weighted by Crippen LogP contribution is -2.06. The maximum atomic E-state index is 9.57. The number of nitrogens with zero attached hydrogens (tertiary/aromatic N) is 1. The lowest BCUT2D eigenvalue weighted by Gasteiger charge is -2.14. The molecule has 0 heterocycles. The van der Waals surface area contributed by atoms with Crippen LogP contribution < -0.4 is 5.32 Å². The summed E-state index contributed by atoms with van der Waals surface area (Å²) in [6, 6.07) is 21.6. The molecule has 0 bridgehead atoms. The summed E-state index contributed by atoms with van der Waals surface area (Å²) in [4.78, 5) is 0. The van der Waals surface area contributed by atoms with Gasteiger partial charge in [-0.1, -0.05) is 66.1 Å². The van der Waals surface area contributed by atoms with Gasteiger partial charge >= 0.3 is 0 Å². The van der Waals surface area contributed by atoms with Gasteiger partial charge in [-0.2, -0.15) is 0 Å². The van der Waals surface area contributed by atoms with Crippen molar-refractivity contribution in [2.75, 3.05) is 5.32 Å². The summed E-state index contributed by atoms with van der Waals surface area (Å²) < 4.78 is 0. The van der Waals surface area contributed by atoms with Crippen molar-refractivity contribution in [2.45, 2.75) is 20.3 Å². The molecule has 0 aliphatic rings. The molecule has 2 N–H and O–H groups in total. The topological polar surface area (TPSA) is 44.6 Å². The van der Waals surface area contributed by atoms with Crippen LogP contribution in [0.3, 0.4) is 0 Å². The first-order chi connectivity index (χ1) is 12.6. The Morgan fingerprint density at radius 1 is 1.00 bits per heavy atom. The van der Waals surface area contributed by atoms with Gasteiger partial charge < -0.3 is 10.5 Å². The second-order valence-corrected chi connectivity index (χ2v) is 6.50. The van der Waals surface area contributed by atoms with E-state index in [1.54, 1.807) is 0 Å². The highest BCUT2D eigenvalue weighted by Gasteiger charge is 2.14. The van der Waals surface area contributed by atoms with Crippen LogP contribution in [0.4, 0.5) is 11.4 Å². The highest BCUT2D eigenvalue weighted by Crippen LogP contribution is 2.28. The van der Waals surface area contributed by atoms with E-state index in [-0.39, 0.29) is 0 Å². The van der Waals surface area contributed by atoms with E-state index in [1.165, 1.54) is 5.56 Å². The van der Waals surface area contributed by atoms with Crippen LogP contribution in [-0.2, 0) is 6.42 Å². The molecule has 0 aliphatic carbocycles. The molecule has 0 spiro atoms. The molecule has 0 saturated carbocycles. The molecule has 0 amide bonds. The van der Waals surface area contributed by atoms with E-state index in [4.69, 9.17) is 11.6 Å². The third kappa shape index (κ3) is 3.73. The molecular formula is C22H21ClN2O. The van der Waals surface area contributed by atoms with Crippen LogP contribution >= 0.6 is 11.6 Å². The Hall–Kier alpha value is -2.78. The molecule has 4 heteroatoms. The fourth-order valence-electron chi connectivity index (χ4n) is 2.98. The first kappa shape index (κ1) is 18.0. The summed E-state index contributed by atoms with van der Waals surface area (Å²) in [7, 11) is 0. The zero-order chi connectivity index (χ0) is 18.5. The minimum Gasteiger partial charge on any atom is -0.410 e. The molecule has 132 valence electrons. The highest BCUT2D eigenvalue weighted by molar-refractivity contribution is 6.35. The van der Waals surface area contributed by atoms with E-state index in [0.29, 0.717) is 16.3 Å². The van der Waals surface area contributed by atoms with E-state index in [0.717, 1.165) is 28.9 Å². The minimum absolute atomic E-state index is 0.466. The van der Waals surface area contributed by atoms with E-state index in [9.17, 15) is 5.21 Å². The normalized spacial score (nSPS) is 11.4. The van der Waals surface area contributed by atoms with Gasteiger partial charge in [-0.3, -0.25) is 0 Å². The molecule has 0 atom stereocenters. The molecule has 3 aromatic rings.